The lowest BCUT2D eigenvalue weighted by atomic mass is 10.1. The largest absolute Gasteiger partial charge is 0.461 e. The number of esters is 2. The summed E-state index contributed by atoms with van der Waals surface area (Å²) in [6.45, 7) is 4.18. The number of carbonyl (C=O) groups is 2. The molecule has 0 saturated heterocycles. The van der Waals surface area contributed by atoms with Gasteiger partial charge in [0.15, 0.2) is 5.69 Å². The van der Waals surface area contributed by atoms with E-state index >= 15 is 0 Å². The molecule has 0 N–H and O–H groups in total. The minimum Gasteiger partial charge on any atom is -0.461 e. The Morgan fingerprint density at radius 2 is 1.86 bits per heavy atom. The second-order valence-corrected chi connectivity index (χ2v) is 6.72. The zero-order valence-corrected chi connectivity index (χ0v) is 16.3. The Labute approximate surface area is 164 Å². The van der Waals surface area contributed by atoms with Crippen molar-refractivity contribution in [2.45, 2.75) is 33.4 Å². The van der Waals surface area contributed by atoms with Gasteiger partial charge in [0.1, 0.15) is 6.61 Å². The van der Waals surface area contributed by atoms with Crippen molar-refractivity contribution >= 4 is 34.0 Å². The van der Waals surface area contributed by atoms with Gasteiger partial charge in [-0.15, -0.1) is 11.3 Å². The van der Waals surface area contributed by atoms with E-state index in [1.54, 1.807) is 36.6 Å². The molecule has 0 unspecified atom stereocenters. The van der Waals surface area contributed by atoms with Crippen LogP contribution in [-0.4, -0.2) is 33.3 Å². The van der Waals surface area contributed by atoms with E-state index in [0.29, 0.717) is 29.4 Å². The van der Waals surface area contributed by atoms with E-state index in [1.165, 1.54) is 4.68 Å². The molecule has 0 aliphatic rings. The van der Waals surface area contributed by atoms with Gasteiger partial charge in [-0.2, -0.15) is 5.10 Å². The first-order chi connectivity index (χ1) is 13.5. The minimum absolute atomic E-state index is 0.0736. The molecule has 146 valence electrons. The van der Waals surface area contributed by atoms with E-state index in [-0.39, 0.29) is 29.5 Å². The van der Waals surface area contributed by atoms with E-state index in [1.807, 2.05) is 6.92 Å². The van der Waals surface area contributed by atoms with Crippen molar-refractivity contribution in [3.8, 4) is 0 Å². The average Bonchev–Trinajstić information content (AvgIpc) is 3.18. The molecule has 0 saturated carbocycles. The van der Waals surface area contributed by atoms with Gasteiger partial charge in [-0.25, -0.2) is 19.3 Å². The Kier molecular flexibility index (Phi) is 6.15. The van der Waals surface area contributed by atoms with Crippen LogP contribution in [0.4, 0.5) is 0 Å². The highest BCUT2D eigenvalue weighted by Crippen LogP contribution is 2.16. The molecule has 0 aliphatic heterocycles. The fourth-order valence-electron chi connectivity index (χ4n) is 2.62. The lowest BCUT2D eigenvalue weighted by Gasteiger charge is -2.09. The molecular weight excluding hydrogens is 382 g/mol. The zero-order chi connectivity index (χ0) is 20.1. The molecule has 0 fully saturated rings. The summed E-state index contributed by atoms with van der Waals surface area (Å²) < 4.78 is 11.5. The van der Waals surface area contributed by atoms with Gasteiger partial charge in [0.25, 0.3) is 5.56 Å². The maximum Gasteiger partial charge on any atom is 0.367 e. The van der Waals surface area contributed by atoms with Crippen LogP contribution in [0, 0.1) is 0 Å². The van der Waals surface area contributed by atoms with Crippen LogP contribution in [0.15, 0.2) is 34.4 Å². The first-order valence-corrected chi connectivity index (χ1v) is 9.71. The molecular formula is C19H19N3O5S. The number of ether oxygens (including phenoxy) is 2. The topological polar surface area (TPSA) is 100 Å². The predicted octanol–water partition coefficient (Wildman–Crippen LogP) is 2.80. The first-order valence-electron chi connectivity index (χ1n) is 8.83. The summed E-state index contributed by atoms with van der Waals surface area (Å²) in [5.74, 6) is -1.17. The van der Waals surface area contributed by atoms with E-state index < -0.39 is 11.9 Å². The summed E-state index contributed by atoms with van der Waals surface area (Å²) in [5, 5.41) is 6.88. The second-order valence-electron chi connectivity index (χ2n) is 5.86. The maximum atomic E-state index is 12.6. The normalized spacial score (nSPS) is 10.8. The highest BCUT2D eigenvalue weighted by atomic mass is 32.1. The summed E-state index contributed by atoms with van der Waals surface area (Å²) in [4.78, 5) is 40.9. The molecule has 8 nitrogen and oxygen atoms in total. The summed E-state index contributed by atoms with van der Waals surface area (Å²) in [6, 6.07) is 6.80. The summed E-state index contributed by atoms with van der Waals surface area (Å²) >= 11 is 1.12. The van der Waals surface area contributed by atoms with E-state index in [4.69, 9.17) is 9.47 Å². The van der Waals surface area contributed by atoms with Crippen molar-refractivity contribution in [2.24, 2.45) is 0 Å². The molecule has 0 bridgehead atoms. The van der Waals surface area contributed by atoms with Crippen LogP contribution in [0.5, 0.6) is 0 Å². The van der Waals surface area contributed by atoms with E-state index in [9.17, 15) is 14.4 Å². The predicted molar refractivity (Wildman–Crippen MR) is 103 cm³/mol. The maximum absolute atomic E-state index is 12.6. The molecule has 3 rings (SSSR count). The monoisotopic (exact) mass is 401 g/mol. The van der Waals surface area contributed by atoms with Crippen LogP contribution in [0.1, 0.15) is 46.3 Å². The summed E-state index contributed by atoms with van der Waals surface area (Å²) in [7, 11) is 0. The van der Waals surface area contributed by atoms with Gasteiger partial charge in [0, 0.05) is 17.3 Å². The van der Waals surface area contributed by atoms with Gasteiger partial charge in [-0.1, -0.05) is 25.1 Å². The van der Waals surface area contributed by atoms with E-state index in [0.717, 1.165) is 11.3 Å². The Morgan fingerprint density at radius 1 is 1.11 bits per heavy atom. The standard InChI is InChI=1S/C19H19N3O5S/c1-3-9-22-17(23)14-8-6-5-7-13(14)15(21-22)18(24)27-10-12-11-28-16(20-12)19(25)26-4-2/h5-8,11H,3-4,9-10H2,1-2H3. The third kappa shape index (κ3) is 4.09. The number of aryl methyl sites for hydroxylation is 1. The average molecular weight is 401 g/mol. The molecule has 2 heterocycles. The Balaban J connectivity index is 1.83. The number of benzene rings is 1. The van der Waals surface area contributed by atoms with Gasteiger partial charge in [0.05, 0.1) is 17.7 Å². The number of fused-ring (bicyclic) bond motifs is 1. The highest BCUT2D eigenvalue weighted by Gasteiger charge is 2.19. The van der Waals surface area contributed by atoms with Gasteiger partial charge < -0.3 is 9.47 Å². The quantitative estimate of drug-likeness (QED) is 0.561. The molecule has 0 atom stereocenters. The van der Waals surface area contributed by atoms with Crippen LogP contribution in [-0.2, 0) is 22.6 Å². The van der Waals surface area contributed by atoms with Crippen molar-refractivity contribution in [1.82, 2.24) is 14.8 Å². The van der Waals surface area contributed by atoms with Crippen LogP contribution in [0.3, 0.4) is 0 Å². The molecule has 2 aromatic heterocycles. The van der Waals surface area contributed by atoms with Crippen LogP contribution in [0.25, 0.3) is 10.8 Å². The van der Waals surface area contributed by atoms with Gasteiger partial charge in [-0.3, -0.25) is 4.79 Å². The number of thiazole rings is 1. The smallest absolute Gasteiger partial charge is 0.367 e. The third-order valence-electron chi connectivity index (χ3n) is 3.85. The Morgan fingerprint density at radius 3 is 2.57 bits per heavy atom. The number of aromatic nitrogens is 3. The summed E-state index contributed by atoms with van der Waals surface area (Å²) in [5.41, 5.74) is 0.268. The Hall–Kier alpha value is -3.07. The number of nitrogens with zero attached hydrogens (tertiary/aromatic N) is 3. The van der Waals surface area contributed by atoms with Crippen LogP contribution >= 0.6 is 11.3 Å². The zero-order valence-electron chi connectivity index (χ0n) is 15.5. The van der Waals surface area contributed by atoms with Gasteiger partial charge >= 0.3 is 11.9 Å². The minimum atomic E-state index is -0.660. The number of rotatable bonds is 7. The first kappa shape index (κ1) is 19.7. The second kappa shape index (κ2) is 8.75. The number of hydrogen-bond donors (Lipinski definition) is 0. The fraction of sp³-hybridized carbons (Fsp3) is 0.316. The SMILES string of the molecule is CCCn1nc(C(=O)OCc2csc(C(=O)OCC)n2)c2ccccc2c1=O. The molecule has 0 amide bonds. The molecule has 0 aliphatic carbocycles. The van der Waals surface area contributed by atoms with Crippen LogP contribution in [0.2, 0.25) is 0 Å². The lowest BCUT2D eigenvalue weighted by molar-refractivity contribution is 0.0460. The number of carbonyl (C=O) groups excluding carboxylic acids is 2. The lowest BCUT2D eigenvalue weighted by Crippen LogP contribution is -2.26. The van der Waals surface area contributed by atoms with Crippen molar-refractivity contribution in [3.63, 3.8) is 0 Å². The van der Waals surface area contributed by atoms with Crippen molar-refractivity contribution in [1.29, 1.82) is 0 Å². The molecule has 0 spiro atoms. The highest BCUT2D eigenvalue weighted by molar-refractivity contribution is 7.11. The molecule has 0 radical (unpaired) electrons. The van der Waals surface area contributed by atoms with Crippen LogP contribution < -0.4 is 5.56 Å². The fourth-order valence-corrected chi connectivity index (χ4v) is 3.31. The Bertz CT molecular complexity index is 1070. The molecule has 1 aromatic carbocycles. The van der Waals surface area contributed by atoms with Gasteiger partial charge in [-0.05, 0) is 19.4 Å². The van der Waals surface area contributed by atoms with Crippen molar-refractivity contribution in [2.75, 3.05) is 6.61 Å². The van der Waals surface area contributed by atoms with Crippen molar-refractivity contribution < 1.29 is 19.1 Å². The summed E-state index contributed by atoms with van der Waals surface area (Å²) in [6.07, 6.45) is 0.704. The molecule has 3 aromatic rings. The third-order valence-corrected chi connectivity index (χ3v) is 4.72. The number of hydrogen-bond acceptors (Lipinski definition) is 8. The molecule has 28 heavy (non-hydrogen) atoms. The van der Waals surface area contributed by atoms with Crippen molar-refractivity contribution in [3.05, 3.63) is 56.4 Å². The van der Waals surface area contributed by atoms with Gasteiger partial charge in [0.2, 0.25) is 5.01 Å². The molecule has 9 heteroatoms. The van der Waals surface area contributed by atoms with E-state index in [2.05, 4.69) is 10.1 Å².